The van der Waals surface area contributed by atoms with E-state index >= 15 is 0 Å². The second-order valence-electron chi connectivity index (χ2n) is 8.50. The van der Waals surface area contributed by atoms with Gasteiger partial charge < -0.3 is 9.88 Å². The summed E-state index contributed by atoms with van der Waals surface area (Å²) in [6, 6.07) is 10.5. The van der Waals surface area contributed by atoms with Gasteiger partial charge in [-0.2, -0.15) is 0 Å². The average Bonchev–Trinajstić information content (AvgIpc) is 3.48. The molecule has 3 aromatic rings. The van der Waals surface area contributed by atoms with Crippen LogP contribution in [0.2, 0.25) is 0 Å². The molecule has 0 unspecified atom stereocenters. The minimum absolute atomic E-state index is 0.0857. The second-order valence-corrected chi connectivity index (χ2v) is 10.3. The van der Waals surface area contributed by atoms with Crippen molar-refractivity contribution in [1.82, 2.24) is 25.1 Å². The standard InChI is InChI=1S/C25H31N5OS2/c1-17-12-13-21(18(2)16-17)33-24-20(10-6-15-27-24)23(31)26-14-7-11-22-28-29-25(32-3)30(22)19-8-4-5-9-19/h6,10,12-13,15-16,19H,4-5,7-9,11,14H2,1-3H3,(H,26,31). The first-order valence-electron chi connectivity index (χ1n) is 11.5. The highest BCUT2D eigenvalue weighted by Gasteiger charge is 2.23. The van der Waals surface area contributed by atoms with Gasteiger partial charge in [-0.3, -0.25) is 4.79 Å². The molecule has 0 spiro atoms. The van der Waals surface area contributed by atoms with Crippen LogP contribution in [0.25, 0.3) is 0 Å². The number of aromatic nitrogens is 4. The van der Waals surface area contributed by atoms with E-state index in [2.05, 4.69) is 63.4 Å². The summed E-state index contributed by atoms with van der Waals surface area (Å²) in [5.41, 5.74) is 3.03. The van der Waals surface area contributed by atoms with Crippen molar-refractivity contribution in [3.8, 4) is 0 Å². The van der Waals surface area contributed by atoms with Crippen molar-refractivity contribution < 1.29 is 4.79 Å². The Hall–Kier alpha value is -2.32. The summed E-state index contributed by atoms with van der Waals surface area (Å²) >= 11 is 3.20. The van der Waals surface area contributed by atoms with E-state index in [1.54, 1.807) is 18.0 Å². The smallest absolute Gasteiger partial charge is 0.254 e. The molecule has 0 atom stereocenters. The fourth-order valence-corrected chi connectivity index (χ4v) is 5.88. The lowest BCUT2D eigenvalue weighted by Crippen LogP contribution is -2.26. The van der Waals surface area contributed by atoms with Crippen molar-refractivity contribution in [3.63, 3.8) is 0 Å². The highest BCUT2D eigenvalue weighted by Crippen LogP contribution is 2.34. The molecular weight excluding hydrogens is 450 g/mol. The van der Waals surface area contributed by atoms with Gasteiger partial charge in [-0.05, 0) is 63.1 Å². The van der Waals surface area contributed by atoms with E-state index in [0.29, 0.717) is 18.2 Å². The summed E-state index contributed by atoms with van der Waals surface area (Å²) in [5, 5.41) is 13.6. The third-order valence-corrected chi connectivity index (χ3v) is 7.86. The van der Waals surface area contributed by atoms with Crippen molar-refractivity contribution in [2.45, 2.75) is 73.5 Å². The van der Waals surface area contributed by atoms with E-state index in [9.17, 15) is 4.79 Å². The van der Waals surface area contributed by atoms with E-state index < -0.39 is 0 Å². The predicted molar refractivity (Wildman–Crippen MR) is 134 cm³/mol. The molecule has 1 N–H and O–H groups in total. The molecule has 4 rings (SSSR count). The number of nitrogens with zero attached hydrogens (tertiary/aromatic N) is 4. The summed E-state index contributed by atoms with van der Waals surface area (Å²) < 4.78 is 2.33. The number of rotatable bonds is 9. The number of carbonyl (C=O) groups excluding carboxylic acids is 1. The van der Waals surface area contributed by atoms with E-state index in [4.69, 9.17) is 0 Å². The normalized spacial score (nSPS) is 14.0. The number of hydrogen-bond donors (Lipinski definition) is 1. The first-order chi connectivity index (χ1) is 16.1. The van der Waals surface area contributed by atoms with E-state index in [1.165, 1.54) is 48.6 Å². The number of carbonyl (C=O) groups is 1. The summed E-state index contributed by atoms with van der Waals surface area (Å²) in [7, 11) is 0. The Morgan fingerprint density at radius 2 is 2.00 bits per heavy atom. The lowest BCUT2D eigenvalue weighted by Gasteiger charge is -2.16. The van der Waals surface area contributed by atoms with Gasteiger partial charge in [0, 0.05) is 30.1 Å². The van der Waals surface area contributed by atoms with Crippen molar-refractivity contribution in [1.29, 1.82) is 0 Å². The largest absolute Gasteiger partial charge is 0.352 e. The van der Waals surface area contributed by atoms with Gasteiger partial charge in [0.15, 0.2) is 5.16 Å². The predicted octanol–water partition coefficient (Wildman–Crippen LogP) is 5.64. The number of benzene rings is 1. The maximum Gasteiger partial charge on any atom is 0.254 e. The first-order valence-corrected chi connectivity index (χ1v) is 13.6. The summed E-state index contributed by atoms with van der Waals surface area (Å²) in [6.07, 6.45) is 10.4. The molecule has 0 aliphatic heterocycles. The maximum absolute atomic E-state index is 12.9. The van der Waals surface area contributed by atoms with Crippen LogP contribution in [-0.4, -0.2) is 38.5 Å². The average molecular weight is 482 g/mol. The quantitative estimate of drug-likeness (QED) is 0.315. The van der Waals surface area contributed by atoms with Crippen molar-refractivity contribution in [3.05, 3.63) is 59.0 Å². The fourth-order valence-electron chi connectivity index (χ4n) is 4.35. The molecule has 8 heteroatoms. The number of hydrogen-bond acceptors (Lipinski definition) is 6. The fraction of sp³-hybridized carbons (Fsp3) is 0.440. The molecule has 6 nitrogen and oxygen atoms in total. The van der Waals surface area contributed by atoms with Crippen LogP contribution in [0.4, 0.5) is 0 Å². The Bertz CT molecular complexity index is 1110. The molecule has 2 heterocycles. The van der Waals surface area contributed by atoms with Gasteiger partial charge in [0.25, 0.3) is 5.91 Å². The number of amides is 1. The molecule has 1 fully saturated rings. The van der Waals surface area contributed by atoms with E-state index in [1.807, 2.05) is 12.1 Å². The van der Waals surface area contributed by atoms with Crippen LogP contribution in [0.3, 0.4) is 0 Å². The molecular formula is C25H31N5OS2. The van der Waals surface area contributed by atoms with Crippen LogP contribution in [0.15, 0.2) is 51.6 Å². The summed E-state index contributed by atoms with van der Waals surface area (Å²) in [6.45, 7) is 4.76. The Morgan fingerprint density at radius 3 is 2.76 bits per heavy atom. The van der Waals surface area contributed by atoms with Gasteiger partial charge in [-0.15, -0.1) is 10.2 Å². The van der Waals surface area contributed by atoms with Gasteiger partial charge in [-0.25, -0.2) is 4.98 Å². The molecule has 1 aliphatic carbocycles. The zero-order valence-corrected chi connectivity index (χ0v) is 21.1. The SMILES string of the molecule is CSc1nnc(CCCNC(=O)c2cccnc2Sc2ccc(C)cc2C)n1C1CCCC1. The molecule has 0 bridgehead atoms. The molecule has 1 saturated carbocycles. The maximum atomic E-state index is 12.9. The van der Waals surface area contributed by atoms with E-state index in [-0.39, 0.29) is 5.91 Å². The van der Waals surface area contributed by atoms with Crippen LogP contribution < -0.4 is 5.32 Å². The molecule has 0 radical (unpaired) electrons. The Labute approximate surface area is 204 Å². The van der Waals surface area contributed by atoms with Crippen molar-refractivity contribution >= 4 is 29.4 Å². The zero-order valence-electron chi connectivity index (χ0n) is 19.5. The van der Waals surface area contributed by atoms with Gasteiger partial charge in [0.1, 0.15) is 10.9 Å². The second kappa shape index (κ2) is 11.2. The molecule has 2 aromatic heterocycles. The Balaban J connectivity index is 1.36. The molecule has 33 heavy (non-hydrogen) atoms. The van der Waals surface area contributed by atoms with Crippen LogP contribution in [0.1, 0.15) is 65.5 Å². The van der Waals surface area contributed by atoms with Crippen molar-refractivity contribution in [2.24, 2.45) is 0 Å². The number of thioether (sulfide) groups is 1. The lowest BCUT2D eigenvalue weighted by atomic mass is 10.2. The highest BCUT2D eigenvalue weighted by atomic mass is 32.2. The van der Waals surface area contributed by atoms with Crippen LogP contribution in [0.5, 0.6) is 0 Å². The van der Waals surface area contributed by atoms with Gasteiger partial charge >= 0.3 is 0 Å². The van der Waals surface area contributed by atoms with Gasteiger partial charge in [0.05, 0.1) is 5.56 Å². The number of pyridine rings is 1. The zero-order chi connectivity index (χ0) is 23.2. The van der Waals surface area contributed by atoms with Crippen LogP contribution in [-0.2, 0) is 6.42 Å². The first kappa shape index (κ1) is 23.8. The monoisotopic (exact) mass is 481 g/mol. The summed E-state index contributed by atoms with van der Waals surface area (Å²) in [4.78, 5) is 18.5. The third-order valence-electron chi connectivity index (χ3n) is 6.02. The molecule has 174 valence electrons. The number of aryl methyl sites for hydroxylation is 3. The van der Waals surface area contributed by atoms with Gasteiger partial charge in [0.2, 0.25) is 0 Å². The van der Waals surface area contributed by atoms with E-state index in [0.717, 1.165) is 33.7 Å². The van der Waals surface area contributed by atoms with Crippen molar-refractivity contribution in [2.75, 3.05) is 12.8 Å². The van der Waals surface area contributed by atoms with Gasteiger partial charge in [-0.1, -0.05) is 54.1 Å². The molecule has 1 aliphatic rings. The number of nitrogens with one attached hydrogen (secondary N) is 1. The highest BCUT2D eigenvalue weighted by molar-refractivity contribution is 7.99. The topological polar surface area (TPSA) is 72.7 Å². The summed E-state index contributed by atoms with van der Waals surface area (Å²) in [5.74, 6) is 0.949. The molecule has 1 aromatic carbocycles. The Kier molecular flexibility index (Phi) is 8.09. The molecule has 1 amide bonds. The van der Waals surface area contributed by atoms with Crippen LogP contribution in [0, 0.1) is 13.8 Å². The third kappa shape index (κ3) is 5.79. The molecule has 0 saturated heterocycles. The minimum atomic E-state index is -0.0857. The minimum Gasteiger partial charge on any atom is -0.352 e. The van der Waals surface area contributed by atoms with Crippen LogP contribution >= 0.6 is 23.5 Å². The lowest BCUT2D eigenvalue weighted by molar-refractivity contribution is 0.0949. The Morgan fingerprint density at radius 1 is 1.18 bits per heavy atom.